The summed E-state index contributed by atoms with van der Waals surface area (Å²) in [4.78, 5) is 16.4. The molecule has 5 nitrogen and oxygen atoms in total. The second-order valence-electron chi connectivity index (χ2n) is 5.88. The van der Waals surface area contributed by atoms with E-state index in [0.29, 0.717) is 31.8 Å². The second kappa shape index (κ2) is 7.27. The summed E-state index contributed by atoms with van der Waals surface area (Å²) < 4.78 is 5.66. The standard InChI is InChI=1S/C19H21N3O2/c1-13-5-6-17-16(9-13)22-19(24-17)8-7-18(23)21-12-15-4-2-3-14(10-15)11-20/h2-6,9-10H,7-8,11-12,20H2,1H3,(H,21,23). The Morgan fingerprint density at radius 3 is 2.88 bits per heavy atom. The van der Waals surface area contributed by atoms with Crippen LogP contribution in [0.25, 0.3) is 11.1 Å². The predicted molar refractivity (Wildman–Crippen MR) is 93.2 cm³/mol. The van der Waals surface area contributed by atoms with Crippen LogP contribution in [0.3, 0.4) is 0 Å². The van der Waals surface area contributed by atoms with E-state index in [1.165, 1.54) is 0 Å². The highest BCUT2D eigenvalue weighted by Crippen LogP contribution is 2.17. The van der Waals surface area contributed by atoms with Crippen molar-refractivity contribution in [2.75, 3.05) is 0 Å². The molecule has 0 spiro atoms. The number of aryl methyl sites for hydroxylation is 2. The zero-order chi connectivity index (χ0) is 16.9. The third-order valence-corrected chi connectivity index (χ3v) is 3.87. The largest absolute Gasteiger partial charge is 0.441 e. The third-order valence-electron chi connectivity index (χ3n) is 3.87. The Bertz CT molecular complexity index is 855. The lowest BCUT2D eigenvalue weighted by Crippen LogP contribution is -2.23. The van der Waals surface area contributed by atoms with Gasteiger partial charge < -0.3 is 15.5 Å². The molecule has 3 N–H and O–H groups in total. The minimum Gasteiger partial charge on any atom is -0.441 e. The van der Waals surface area contributed by atoms with E-state index in [2.05, 4.69) is 10.3 Å². The Kier molecular flexibility index (Phi) is 4.91. The lowest BCUT2D eigenvalue weighted by atomic mass is 10.1. The molecule has 0 unspecified atom stereocenters. The predicted octanol–water partition coefficient (Wildman–Crippen LogP) is 2.84. The number of carbonyl (C=O) groups is 1. The molecule has 2 aromatic carbocycles. The average Bonchev–Trinajstić information content (AvgIpc) is 3.00. The van der Waals surface area contributed by atoms with Crippen LogP contribution in [0, 0.1) is 6.92 Å². The molecule has 3 rings (SSSR count). The lowest BCUT2D eigenvalue weighted by Gasteiger charge is -2.06. The normalized spacial score (nSPS) is 10.9. The minimum absolute atomic E-state index is 0.0217. The average molecular weight is 323 g/mol. The number of amides is 1. The van der Waals surface area contributed by atoms with Gasteiger partial charge in [0.05, 0.1) is 0 Å². The van der Waals surface area contributed by atoms with Crippen LogP contribution in [0.1, 0.15) is 29.0 Å². The van der Waals surface area contributed by atoms with Crippen molar-refractivity contribution in [3.8, 4) is 0 Å². The Morgan fingerprint density at radius 1 is 1.21 bits per heavy atom. The maximum absolute atomic E-state index is 12.0. The van der Waals surface area contributed by atoms with Gasteiger partial charge in [-0.1, -0.05) is 30.3 Å². The number of nitrogens with one attached hydrogen (secondary N) is 1. The summed E-state index contributed by atoms with van der Waals surface area (Å²) in [5.41, 5.74) is 10.5. The fraction of sp³-hybridized carbons (Fsp3) is 0.263. The van der Waals surface area contributed by atoms with Crippen molar-refractivity contribution in [2.45, 2.75) is 32.9 Å². The van der Waals surface area contributed by atoms with Gasteiger partial charge in [-0.3, -0.25) is 4.79 Å². The van der Waals surface area contributed by atoms with E-state index < -0.39 is 0 Å². The fourth-order valence-corrected chi connectivity index (χ4v) is 2.57. The highest BCUT2D eigenvalue weighted by molar-refractivity contribution is 5.76. The van der Waals surface area contributed by atoms with E-state index in [0.717, 1.165) is 27.8 Å². The van der Waals surface area contributed by atoms with Gasteiger partial charge in [0.2, 0.25) is 5.91 Å². The van der Waals surface area contributed by atoms with Crippen LogP contribution < -0.4 is 11.1 Å². The molecular formula is C19H21N3O2. The molecular weight excluding hydrogens is 302 g/mol. The van der Waals surface area contributed by atoms with Gasteiger partial charge >= 0.3 is 0 Å². The van der Waals surface area contributed by atoms with Crippen molar-refractivity contribution in [2.24, 2.45) is 5.73 Å². The van der Waals surface area contributed by atoms with E-state index >= 15 is 0 Å². The summed E-state index contributed by atoms with van der Waals surface area (Å²) in [6.45, 7) is 3.01. The molecule has 0 aliphatic rings. The molecule has 0 bridgehead atoms. The number of aromatic nitrogens is 1. The van der Waals surface area contributed by atoms with Crippen LogP contribution in [0.2, 0.25) is 0 Å². The lowest BCUT2D eigenvalue weighted by molar-refractivity contribution is -0.121. The van der Waals surface area contributed by atoms with Gasteiger partial charge in [-0.15, -0.1) is 0 Å². The Morgan fingerprint density at radius 2 is 2.04 bits per heavy atom. The highest BCUT2D eigenvalue weighted by atomic mass is 16.3. The molecule has 0 aliphatic heterocycles. The Hall–Kier alpha value is -2.66. The number of carbonyl (C=O) groups excluding carboxylic acids is 1. The van der Waals surface area contributed by atoms with E-state index in [4.69, 9.17) is 10.2 Å². The summed E-state index contributed by atoms with van der Waals surface area (Å²) in [5.74, 6) is 0.572. The molecule has 0 atom stereocenters. The van der Waals surface area contributed by atoms with Gasteiger partial charge in [-0.05, 0) is 35.7 Å². The monoisotopic (exact) mass is 323 g/mol. The molecule has 0 aliphatic carbocycles. The number of rotatable bonds is 6. The summed E-state index contributed by atoms with van der Waals surface area (Å²) in [6, 6.07) is 13.8. The highest BCUT2D eigenvalue weighted by Gasteiger charge is 2.09. The SMILES string of the molecule is Cc1ccc2oc(CCC(=O)NCc3cccc(CN)c3)nc2c1. The molecule has 1 heterocycles. The van der Waals surface area contributed by atoms with Gasteiger partial charge in [0.1, 0.15) is 5.52 Å². The summed E-state index contributed by atoms with van der Waals surface area (Å²) >= 11 is 0. The summed E-state index contributed by atoms with van der Waals surface area (Å²) in [6.07, 6.45) is 0.838. The van der Waals surface area contributed by atoms with Crippen LogP contribution >= 0.6 is 0 Å². The molecule has 0 saturated carbocycles. The van der Waals surface area contributed by atoms with Gasteiger partial charge in [0.15, 0.2) is 11.5 Å². The van der Waals surface area contributed by atoms with Crippen LogP contribution in [0.4, 0.5) is 0 Å². The molecule has 0 radical (unpaired) electrons. The fourth-order valence-electron chi connectivity index (χ4n) is 2.57. The molecule has 5 heteroatoms. The summed E-state index contributed by atoms with van der Waals surface area (Å²) in [5, 5.41) is 2.91. The number of benzene rings is 2. The first-order chi connectivity index (χ1) is 11.6. The molecule has 1 amide bonds. The summed E-state index contributed by atoms with van der Waals surface area (Å²) in [7, 11) is 0. The van der Waals surface area contributed by atoms with Crippen molar-refractivity contribution in [3.05, 3.63) is 65.0 Å². The molecule has 1 aromatic heterocycles. The topological polar surface area (TPSA) is 81.2 Å². The number of hydrogen-bond donors (Lipinski definition) is 2. The number of fused-ring (bicyclic) bond motifs is 1. The third kappa shape index (κ3) is 4.00. The van der Waals surface area contributed by atoms with E-state index in [1.807, 2.05) is 49.4 Å². The van der Waals surface area contributed by atoms with E-state index in [9.17, 15) is 4.79 Å². The second-order valence-corrected chi connectivity index (χ2v) is 5.88. The molecule has 3 aromatic rings. The zero-order valence-electron chi connectivity index (χ0n) is 13.7. The van der Waals surface area contributed by atoms with E-state index in [-0.39, 0.29) is 5.91 Å². The molecule has 24 heavy (non-hydrogen) atoms. The van der Waals surface area contributed by atoms with Crippen LogP contribution in [0.15, 0.2) is 46.9 Å². The van der Waals surface area contributed by atoms with Crippen molar-refractivity contribution in [1.82, 2.24) is 10.3 Å². The van der Waals surface area contributed by atoms with Gasteiger partial charge in [0, 0.05) is 25.9 Å². The first kappa shape index (κ1) is 16.2. The smallest absolute Gasteiger partial charge is 0.220 e. The molecule has 0 saturated heterocycles. The van der Waals surface area contributed by atoms with Crippen molar-refractivity contribution in [3.63, 3.8) is 0 Å². The molecule has 124 valence electrons. The van der Waals surface area contributed by atoms with Crippen LogP contribution in [-0.2, 0) is 24.3 Å². The van der Waals surface area contributed by atoms with Crippen molar-refractivity contribution in [1.29, 1.82) is 0 Å². The number of hydrogen-bond acceptors (Lipinski definition) is 4. The van der Waals surface area contributed by atoms with Gasteiger partial charge in [-0.2, -0.15) is 0 Å². The number of nitrogens with zero attached hydrogens (tertiary/aromatic N) is 1. The number of oxazole rings is 1. The van der Waals surface area contributed by atoms with Gasteiger partial charge in [-0.25, -0.2) is 4.98 Å². The number of nitrogens with two attached hydrogens (primary N) is 1. The quantitative estimate of drug-likeness (QED) is 0.731. The first-order valence-electron chi connectivity index (χ1n) is 8.05. The Balaban J connectivity index is 1.52. The molecule has 0 fully saturated rings. The van der Waals surface area contributed by atoms with Crippen LogP contribution in [0.5, 0.6) is 0 Å². The van der Waals surface area contributed by atoms with Crippen molar-refractivity contribution >= 4 is 17.0 Å². The maximum atomic E-state index is 12.0. The van der Waals surface area contributed by atoms with Crippen molar-refractivity contribution < 1.29 is 9.21 Å². The minimum atomic E-state index is -0.0217. The van der Waals surface area contributed by atoms with Gasteiger partial charge in [0.25, 0.3) is 0 Å². The first-order valence-corrected chi connectivity index (χ1v) is 8.05. The Labute approximate surface area is 140 Å². The zero-order valence-corrected chi connectivity index (χ0v) is 13.7. The van der Waals surface area contributed by atoms with Crippen LogP contribution in [-0.4, -0.2) is 10.9 Å². The van der Waals surface area contributed by atoms with E-state index in [1.54, 1.807) is 0 Å². The maximum Gasteiger partial charge on any atom is 0.220 e.